The van der Waals surface area contributed by atoms with Crippen molar-refractivity contribution in [1.82, 2.24) is 25.0 Å². The molecule has 0 atom stereocenters. The van der Waals surface area contributed by atoms with E-state index < -0.39 is 5.97 Å². The highest BCUT2D eigenvalue weighted by atomic mass is 32.1. The first-order valence-electron chi connectivity index (χ1n) is 5.71. The Morgan fingerprint density at radius 2 is 2.10 bits per heavy atom. The van der Waals surface area contributed by atoms with Crippen molar-refractivity contribution in [3.63, 3.8) is 0 Å². The van der Waals surface area contributed by atoms with Crippen LogP contribution in [0, 0.1) is 0 Å². The Morgan fingerprint density at radius 3 is 2.75 bits per heavy atom. The fourth-order valence-electron chi connectivity index (χ4n) is 1.82. The summed E-state index contributed by atoms with van der Waals surface area (Å²) in [6.45, 7) is 0.385. The summed E-state index contributed by atoms with van der Waals surface area (Å²) in [5.74, 6) is -1.11. The van der Waals surface area contributed by atoms with Crippen LogP contribution in [-0.4, -0.2) is 36.0 Å². The van der Waals surface area contributed by atoms with E-state index in [0.29, 0.717) is 17.8 Å². The van der Waals surface area contributed by atoms with Crippen LogP contribution in [0.2, 0.25) is 0 Å². The van der Waals surface area contributed by atoms with Crippen molar-refractivity contribution in [3.8, 4) is 11.3 Å². The molecule has 0 aromatic carbocycles. The number of aromatic carboxylic acids is 1. The molecule has 1 N–H and O–H groups in total. The Hall–Kier alpha value is -2.61. The molecule has 3 rings (SSSR count). The van der Waals surface area contributed by atoms with Crippen LogP contribution in [-0.2, 0) is 6.54 Å². The molecule has 0 spiro atoms. The van der Waals surface area contributed by atoms with Gasteiger partial charge in [0.25, 0.3) is 0 Å². The van der Waals surface area contributed by atoms with Crippen LogP contribution < -0.4 is 0 Å². The van der Waals surface area contributed by atoms with E-state index in [1.807, 2.05) is 5.38 Å². The molecule has 0 aliphatic carbocycles. The first-order valence-corrected chi connectivity index (χ1v) is 6.59. The number of carbonyl (C=O) groups is 1. The summed E-state index contributed by atoms with van der Waals surface area (Å²) < 4.78 is 1.54. The van der Waals surface area contributed by atoms with Crippen LogP contribution in [0.4, 0.5) is 0 Å². The third-order valence-electron chi connectivity index (χ3n) is 2.66. The van der Waals surface area contributed by atoms with E-state index in [-0.39, 0.29) is 5.69 Å². The van der Waals surface area contributed by atoms with E-state index >= 15 is 0 Å². The molecular weight excluding hydrogens is 278 g/mol. The predicted octanol–water partition coefficient (Wildman–Crippen LogP) is 1.54. The number of aromatic nitrogens is 5. The molecule has 0 unspecified atom stereocenters. The Balaban J connectivity index is 2.09. The lowest BCUT2D eigenvalue weighted by Crippen LogP contribution is -2.06. The van der Waals surface area contributed by atoms with Crippen molar-refractivity contribution in [2.45, 2.75) is 6.54 Å². The number of rotatable bonds is 4. The zero-order valence-electron chi connectivity index (χ0n) is 10.2. The maximum Gasteiger partial charge on any atom is 0.358 e. The van der Waals surface area contributed by atoms with E-state index in [1.165, 1.54) is 16.0 Å². The second-order valence-corrected chi connectivity index (χ2v) is 4.89. The van der Waals surface area contributed by atoms with Crippen molar-refractivity contribution < 1.29 is 9.90 Å². The van der Waals surface area contributed by atoms with Crippen molar-refractivity contribution in [2.75, 3.05) is 0 Å². The summed E-state index contributed by atoms with van der Waals surface area (Å²) in [5.41, 5.74) is 1.09. The average Bonchev–Trinajstić information content (AvgIpc) is 3.09. The minimum Gasteiger partial charge on any atom is -0.476 e. The standard InChI is InChI=1S/C12H9N5O2S/c18-12(19)10-11(8-1-3-13-4-2-8)17(16-15-10)7-9-14-5-6-20-9/h1-6H,7H2,(H,18,19). The molecule has 0 aliphatic heterocycles. The number of carboxylic acid groups (broad SMARTS) is 1. The van der Waals surface area contributed by atoms with Crippen molar-refractivity contribution in [2.24, 2.45) is 0 Å². The molecular formula is C12H9N5O2S. The SMILES string of the molecule is O=C(O)c1nnn(Cc2nccs2)c1-c1ccncc1. The number of carboxylic acids is 1. The quantitative estimate of drug-likeness (QED) is 0.782. The molecule has 0 aliphatic rings. The number of thiazole rings is 1. The summed E-state index contributed by atoms with van der Waals surface area (Å²) in [6.07, 6.45) is 4.89. The van der Waals surface area contributed by atoms with Crippen molar-refractivity contribution in [3.05, 3.63) is 46.8 Å². The second-order valence-electron chi connectivity index (χ2n) is 3.91. The maximum absolute atomic E-state index is 11.3. The van der Waals surface area contributed by atoms with Gasteiger partial charge in [0.1, 0.15) is 10.7 Å². The van der Waals surface area contributed by atoms with E-state index in [9.17, 15) is 9.90 Å². The van der Waals surface area contributed by atoms with Gasteiger partial charge in [0.2, 0.25) is 0 Å². The molecule has 3 heterocycles. The van der Waals surface area contributed by atoms with Gasteiger partial charge in [0.05, 0.1) is 6.54 Å². The van der Waals surface area contributed by atoms with Crippen molar-refractivity contribution >= 4 is 17.3 Å². The second kappa shape index (κ2) is 5.17. The Morgan fingerprint density at radius 1 is 1.30 bits per heavy atom. The summed E-state index contributed by atoms with van der Waals surface area (Å²) in [5, 5.41) is 19.6. The average molecular weight is 287 g/mol. The van der Waals surface area contributed by atoms with Crippen LogP contribution in [0.3, 0.4) is 0 Å². The smallest absolute Gasteiger partial charge is 0.358 e. The highest BCUT2D eigenvalue weighted by Gasteiger charge is 2.20. The molecule has 7 nitrogen and oxygen atoms in total. The Kier molecular flexibility index (Phi) is 3.21. The molecule has 8 heteroatoms. The number of hydrogen-bond donors (Lipinski definition) is 1. The lowest BCUT2D eigenvalue weighted by atomic mass is 10.1. The largest absolute Gasteiger partial charge is 0.476 e. The normalized spacial score (nSPS) is 10.6. The third-order valence-corrected chi connectivity index (χ3v) is 3.42. The summed E-state index contributed by atoms with van der Waals surface area (Å²) in [7, 11) is 0. The first-order chi connectivity index (χ1) is 9.75. The topological polar surface area (TPSA) is 93.8 Å². The maximum atomic E-state index is 11.3. The molecule has 0 saturated heterocycles. The zero-order valence-corrected chi connectivity index (χ0v) is 11.0. The summed E-state index contributed by atoms with van der Waals surface area (Å²) >= 11 is 1.48. The van der Waals surface area contributed by atoms with Crippen molar-refractivity contribution in [1.29, 1.82) is 0 Å². The van der Waals surface area contributed by atoms with Gasteiger partial charge < -0.3 is 5.11 Å². The van der Waals surface area contributed by atoms with Gasteiger partial charge in [0, 0.05) is 29.5 Å². The summed E-state index contributed by atoms with van der Waals surface area (Å²) in [4.78, 5) is 19.4. The Labute approximate surface area is 117 Å². The van der Waals surface area contributed by atoms with Gasteiger partial charge in [-0.1, -0.05) is 5.21 Å². The highest BCUT2D eigenvalue weighted by molar-refractivity contribution is 7.09. The van der Waals surface area contributed by atoms with E-state index in [4.69, 9.17) is 0 Å². The van der Waals surface area contributed by atoms with Gasteiger partial charge in [-0.25, -0.2) is 14.5 Å². The van der Waals surface area contributed by atoms with Crippen LogP contribution in [0.5, 0.6) is 0 Å². The molecule has 0 amide bonds. The van der Waals surface area contributed by atoms with E-state index in [0.717, 1.165) is 5.01 Å². The molecule has 100 valence electrons. The van der Waals surface area contributed by atoms with Crippen LogP contribution in [0.25, 0.3) is 11.3 Å². The zero-order chi connectivity index (χ0) is 13.9. The first kappa shape index (κ1) is 12.4. The molecule has 0 fully saturated rings. The minimum atomic E-state index is -1.11. The van der Waals surface area contributed by atoms with Gasteiger partial charge in [-0.2, -0.15) is 0 Å². The van der Waals surface area contributed by atoms with Crippen LogP contribution in [0.1, 0.15) is 15.5 Å². The number of pyridine rings is 1. The van der Waals surface area contributed by atoms with Gasteiger partial charge in [-0.15, -0.1) is 16.4 Å². The lowest BCUT2D eigenvalue weighted by molar-refractivity contribution is 0.0691. The minimum absolute atomic E-state index is 0.0762. The van der Waals surface area contributed by atoms with Crippen LogP contribution >= 0.6 is 11.3 Å². The molecule has 0 radical (unpaired) electrons. The molecule has 3 aromatic heterocycles. The van der Waals surface area contributed by atoms with Gasteiger partial charge in [-0.3, -0.25) is 4.98 Å². The molecule has 0 saturated carbocycles. The number of nitrogens with zero attached hydrogens (tertiary/aromatic N) is 5. The summed E-state index contributed by atoms with van der Waals surface area (Å²) in [6, 6.07) is 3.45. The predicted molar refractivity (Wildman–Crippen MR) is 71.4 cm³/mol. The van der Waals surface area contributed by atoms with Gasteiger partial charge >= 0.3 is 5.97 Å². The lowest BCUT2D eigenvalue weighted by Gasteiger charge is -2.05. The molecule has 3 aromatic rings. The Bertz CT molecular complexity index is 724. The van der Waals surface area contributed by atoms with Gasteiger partial charge in [0.15, 0.2) is 5.69 Å². The monoisotopic (exact) mass is 287 g/mol. The fraction of sp³-hybridized carbons (Fsp3) is 0.0833. The highest BCUT2D eigenvalue weighted by Crippen LogP contribution is 2.22. The third kappa shape index (κ3) is 2.28. The van der Waals surface area contributed by atoms with E-state index in [2.05, 4.69) is 20.3 Å². The molecule has 20 heavy (non-hydrogen) atoms. The van der Waals surface area contributed by atoms with Gasteiger partial charge in [-0.05, 0) is 12.1 Å². The fourth-order valence-corrected chi connectivity index (χ4v) is 2.42. The number of hydrogen-bond acceptors (Lipinski definition) is 6. The molecule has 0 bridgehead atoms. The van der Waals surface area contributed by atoms with Crippen LogP contribution in [0.15, 0.2) is 36.1 Å². The van der Waals surface area contributed by atoms with E-state index in [1.54, 1.807) is 30.7 Å².